The number of thioether (sulfide) groups is 1. The lowest BCUT2D eigenvalue weighted by Crippen LogP contribution is -2.42. The number of benzene rings is 1. The summed E-state index contributed by atoms with van der Waals surface area (Å²) in [4.78, 5) is 14.7. The van der Waals surface area contributed by atoms with Crippen molar-refractivity contribution in [1.29, 1.82) is 0 Å². The van der Waals surface area contributed by atoms with Gasteiger partial charge in [0, 0.05) is 41.7 Å². The molecule has 1 unspecified atom stereocenters. The van der Waals surface area contributed by atoms with E-state index in [0.29, 0.717) is 18.0 Å². The monoisotopic (exact) mass is 364 g/mol. The zero-order valence-corrected chi connectivity index (χ0v) is 15.0. The van der Waals surface area contributed by atoms with E-state index in [1.807, 2.05) is 42.1 Å². The van der Waals surface area contributed by atoms with Crippen LogP contribution in [-0.2, 0) is 11.2 Å². The van der Waals surface area contributed by atoms with Gasteiger partial charge in [-0.15, -0.1) is 0 Å². The molecule has 1 amide bonds. The molecule has 0 aliphatic carbocycles. The Bertz CT molecular complexity index is 657. The summed E-state index contributed by atoms with van der Waals surface area (Å²) in [7, 11) is 0. The first-order valence-corrected chi connectivity index (χ1v) is 9.61. The molecule has 128 valence electrons. The topological polar surface area (TPSA) is 45.5 Å². The van der Waals surface area contributed by atoms with Crippen molar-refractivity contribution in [2.75, 3.05) is 31.1 Å². The number of rotatable bonds is 6. The number of halogens is 1. The molecule has 1 aliphatic heterocycles. The van der Waals surface area contributed by atoms with Crippen LogP contribution in [0.4, 0.5) is 0 Å². The zero-order chi connectivity index (χ0) is 16.8. The molecular formula is C18H21ClN2O2S. The van der Waals surface area contributed by atoms with Gasteiger partial charge in [0.2, 0.25) is 5.91 Å². The summed E-state index contributed by atoms with van der Waals surface area (Å²) >= 11 is 8.11. The highest BCUT2D eigenvalue weighted by molar-refractivity contribution is 7.99. The average Bonchev–Trinajstić information content (AvgIpc) is 3.12. The Balaban J connectivity index is 1.61. The van der Waals surface area contributed by atoms with E-state index in [1.54, 1.807) is 12.5 Å². The minimum atomic E-state index is -0.0111. The third-order valence-electron chi connectivity index (χ3n) is 4.22. The van der Waals surface area contributed by atoms with Crippen LogP contribution in [0.3, 0.4) is 0 Å². The summed E-state index contributed by atoms with van der Waals surface area (Å²) < 4.78 is 5.24. The number of hydrogen-bond acceptors (Lipinski definition) is 4. The molecule has 2 aromatic rings. The van der Waals surface area contributed by atoms with Crippen LogP contribution in [0, 0.1) is 0 Å². The maximum atomic E-state index is 12.3. The highest BCUT2D eigenvalue weighted by Gasteiger charge is 2.23. The number of hydrogen-bond donors (Lipinski definition) is 1. The molecule has 1 saturated heterocycles. The first kappa shape index (κ1) is 17.4. The molecule has 0 spiro atoms. The van der Waals surface area contributed by atoms with Crippen molar-refractivity contribution in [3.8, 4) is 0 Å². The van der Waals surface area contributed by atoms with Gasteiger partial charge in [-0.2, -0.15) is 11.8 Å². The molecule has 0 radical (unpaired) electrons. The van der Waals surface area contributed by atoms with Crippen molar-refractivity contribution in [2.24, 2.45) is 0 Å². The molecule has 1 aromatic heterocycles. The van der Waals surface area contributed by atoms with Crippen LogP contribution in [0.5, 0.6) is 0 Å². The van der Waals surface area contributed by atoms with E-state index in [9.17, 15) is 4.79 Å². The largest absolute Gasteiger partial charge is 0.472 e. The molecule has 1 aromatic carbocycles. The fourth-order valence-corrected chi connectivity index (χ4v) is 4.03. The van der Waals surface area contributed by atoms with Gasteiger partial charge >= 0.3 is 0 Å². The van der Waals surface area contributed by atoms with Gasteiger partial charge in [0.15, 0.2) is 0 Å². The maximum absolute atomic E-state index is 12.3. The number of nitrogens with zero attached hydrogens (tertiary/aromatic N) is 1. The van der Waals surface area contributed by atoms with Gasteiger partial charge < -0.3 is 9.73 Å². The third-order valence-corrected chi connectivity index (χ3v) is 5.53. The van der Waals surface area contributed by atoms with Crippen molar-refractivity contribution < 1.29 is 9.21 Å². The molecule has 1 fully saturated rings. The second-order valence-electron chi connectivity index (χ2n) is 5.79. The van der Waals surface area contributed by atoms with Gasteiger partial charge in [0.1, 0.15) is 0 Å². The van der Waals surface area contributed by atoms with E-state index in [1.165, 1.54) is 0 Å². The quantitative estimate of drug-likeness (QED) is 0.853. The van der Waals surface area contributed by atoms with Crippen molar-refractivity contribution in [2.45, 2.75) is 12.5 Å². The molecular weight excluding hydrogens is 344 g/mol. The predicted octanol–water partition coefficient (Wildman–Crippen LogP) is 3.38. The minimum Gasteiger partial charge on any atom is -0.472 e. The van der Waals surface area contributed by atoms with Gasteiger partial charge in [-0.1, -0.05) is 29.8 Å². The number of nitrogens with one attached hydrogen (secondary N) is 1. The van der Waals surface area contributed by atoms with Crippen LogP contribution in [-0.4, -0.2) is 41.9 Å². The SMILES string of the molecule is O=C(Cc1ccccc1Cl)NCC(c1ccoc1)N1CCSCC1. The molecule has 1 aliphatic rings. The zero-order valence-electron chi connectivity index (χ0n) is 13.4. The van der Waals surface area contributed by atoms with Crippen molar-refractivity contribution >= 4 is 29.3 Å². The van der Waals surface area contributed by atoms with Gasteiger partial charge in [-0.25, -0.2) is 0 Å². The summed E-state index contributed by atoms with van der Waals surface area (Å²) in [6.45, 7) is 2.63. The predicted molar refractivity (Wildman–Crippen MR) is 98.5 cm³/mol. The molecule has 6 heteroatoms. The van der Waals surface area contributed by atoms with Gasteiger partial charge in [0.25, 0.3) is 0 Å². The first-order chi connectivity index (χ1) is 11.7. The summed E-state index contributed by atoms with van der Waals surface area (Å²) in [5.74, 6) is 2.24. The fourth-order valence-electron chi connectivity index (χ4n) is 2.90. The van der Waals surface area contributed by atoms with Crippen molar-refractivity contribution in [3.05, 3.63) is 59.0 Å². The highest BCUT2D eigenvalue weighted by atomic mass is 35.5. The normalized spacial score (nSPS) is 16.7. The number of carbonyl (C=O) groups excluding carboxylic acids is 1. The molecule has 0 bridgehead atoms. The second kappa shape index (κ2) is 8.60. The van der Waals surface area contributed by atoms with Crippen LogP contribution < -0.4 is 5.32 Å². The van der Waals surface area contributed by atoms with Crippen LogP contribution >= 0.6 is 23.4 Å². The number of carbonyl (C=O) groups is 1. The second-order valence-corrected chi connectivity index (χ2v) is 7.43. The van der Waals surface area contributed by atoms with Crippen molar-refractivity contribution in [3.63, 3.8) is 0 Å². The fraction of sp³-hybridized carbons (Fsp3) is 0.389. The number of furan rings is 1. The maximum Gasteiger partial charge on any atom is 0.224 e. The lowest BCUT2D eigenvalue weighted by molar-refractivity contribution is -0.120. The van der Waals surface area contributed by atoms with Crippen LogP contribution in [0.2, 0.25) is 5.02 Å². The Morgan fingerprint density at radius 1 is 1.29 bits per heavy atom. The van der Waals surface area contributed by atoms with E-state index in [0.717, 1.165) is 35.7 Å². The van der Waals surface area contributed by atoms with E-state index >= 15 is 0 Å². The molecule has 1 atom stereocenters. The molecule has 1 N–H and O–H groups in total. The van der Waals surface area contributed by atoms with E-state index in [2.05, 4.69) is 10.2 Å². The van der Waals surface area contributed by atoms with E-state index in [-0.39, 0.29) is 11.9 Å². The van der Waals surface area contributed by atoms with E-state index in [4.69, 9.17) is 16.0 Å². The molecule has 4 nitrogen and oxygen atoms in total. The van der Waals surface area contributed by atoms with Gasteiger partial charge in [-0.05, 0) is 17.7 Å². The highest BCUT2D eigenvalue weighted by Crippen LogP contribution is 2.24. The Hall–Kier alpha value is -1.43. The van der Waals surface area contributed by atoms with Crippen LogP contribution in [0.15, 0.2) is 47.3 Å². The summed E-state index contributed by atoms with van der Waals surface area (Å²) in [5, 5.41) is 3.69. The number of amides is 1. The van der Waals surface area contributed by atoms with Crippen molar-refractivity contribution in [1.82, 2.24) is 10.2 Å². The third kappa shape index (κ3) is 4.56. The minimum absolute atomic E-state index is 0.0111. The Kier molecular flexibility index (Phi) is 6.24. The Labute approximate surface area is 151 Å². The molecule has 3 rings (SSSR count). The van der Waals surface area contributed by atoms with Crippen LogP contribution in [0.1, 0.15) is 17.2 Å². The van der Waals surface area contributed by atoms with E-state index < -0.39 is 0 Å². The molecule has 0 saturated carbocycles. The van der Waals surface area contributed by atoms with Crippen LogP contribution in [0.25, 0.3) is 0 Å². The smallest absolute Gasteiger partial charge is 0.224 e. The average molecular weight is 365 g/mol. The lowest BCUT2D eigenvalue weighted by atomic mass is 10.1. The molecule has 2 heterocycles. The summed E-state index contributed by atoms with van der Waals surface area (Å²) in [6.07, 6.45) is 3.76. The standard InChI is InChI=1S/C18H21ClN2O2S/c19-16-4-2-1-3-14(16)11-18(22)20-12-17(15-5-8-23-13-15)21-6-9-24-10-7-21/h1-5,8,13,17H,6-7,9-12H2,(H,20,22). The summed E-state index contributed by atoms with van der Waals surface area (Å²) in [5.41, 5.74) is 1.96. The molecule has 24 heavy (non-hydrogen) atoms. The lowest BCUT2D eigenvalue weighted by Gasteiger charge is -2.34. The first-order valence-electron chi connectivity index (χ1n) is 8.08. The Morgan fingerprint density at radius 3 is 2.79 bits per heavy atom. The Morgan fingerprint density at radius 2 is 2.08 bits per heavy atom. The van der Waals surface area contributed by atoms with Gasteiger partial charge in [0.05, 0.1) is 25.0 Å². The van der Waals surface area contributed by atoms with Gasteiger partial charge in [-0.3, -0.25) is 9.69 Å². The summed E-state index contributed by atoms with van der Waals surface area (Å²) in [6, 6.07) is 9.59.